The van der Waals surface area contributed by atoms with E-state index in [0.717, 1.165) is 11.3 Å². The molecule has 3 heterocycles. The number of imidazole rings is 1. The van der Waals surface area contributed by atoms with Crippen LogP contribution in [0.3, 0.4) is 0 Å². The van der Waals surface area contributed by atoms with Crippen LogP contribution >= 0.6 is 0 Å². The monoisotopic (exact) mass is 344 g/mol. The van der Waals surface area contributed by atoms with E-state index in [9.17, 15) is 0 Å². The molecule has 134 valence electrons. The number of hydrogen-bond donors (Lipinski definition) is 1. The van der Waals surface area contributed by atoms with Crippen molar-refractivity contribution < 1.29 is 14.0 Å². The van der Waals surface area contributed by atoms with E-state index in [1.165, 1.54) is 0 Å². The predicted molar refractivity (Wildman–Crippen MR) is 96.6 cm³/mol. The summed E-state index contributed by atoms with van der Waals surface area (Å²) in [7, 11) is 1.41. The molecule has 1 unspecified atom stereocenters. The summed E-state index contributed by atoms with van der Waals surface area (Å²) in [6.07, 6.45) is 5.00. The molecule has 2 N–H and O–H groups in total. The van der Waals surface area contributed by atoms with Crippen molar-refractivity contribution in [1.29, 1.82) is 0 Å². The SMILES string of the molecule is CC(Oc1cc(B2OC(C)(C)C(C)(C)O2)cnc1N)c1nccn1C. The second-order valence-electron chi connectivity index (χ2n) is 7.40. The fourth-order valence-electron chi connectivity index (χ4n) is 2.68. The molecular formula is C17H25BN4O3. The van der Waals surface area contributed by atoms with Crippen LogP contribution in [0.2, 0.25) is 0 Å². The molecular weight excluding hydrogens is 319 g/mol. The zero-order valence-corrected chi connectivity index (χ0v) is 15.6. The van der Waals surface area contributed by atoms with Gasteiger partial charge in [-0.3, -0.25) is 0 Å². The maximum atomic E-state index is 6.07. The van der Waals surface area contributed by atoms with Crippen LogP contribution in [0, 0.1) is 0 Å². The van der Waals surface area contributed by atoms with Crippen LogP contribution in [0.25, 0.3) is 0 Å². The number of ether oxygens (including phenoxy) is 1. The fourth-order valence-corrected chi connectivity index (χ4v) is 2.68. The van der Waals surface area contributed by atoms with Crippen molar-refractivity contribution in [2.24, 2.45) is 7.05 Å². The first-order valence-corrected chi connectivity index (χ1v) is 8.35. The maximum Gasteiger partial charge on any atom is 0.496 e. The van der Waals surface area contributed by atoms with Crippen molar-refractivity contribution in [2.75, 3.05) is 5.73 Å². The van der Waals surface area contributed by atoms with Gasteiger partial charge in [0, 0.05) is 31.1 Å². The molecule has 0 aliphatic carbocycles. The lowest BCUT2D eigenvalue weighted by molar-refractivity contribution is 0.00578. The number of rotatable bonds is 4. The fraction of sp³-hybridized carbons (Fsp3) is 0.529. The number of nitrogens with zero attached hydrogens (tertiary/aromatic N) is 3. The molecule has 8 heteroatoms. The number of pyridine rings is 1. The van der Waals surface area contributed by atoms with E-state index in [2.05, 4.69) is 9.97 Å². The minimum Gasteiger partial charge on any atom is -0.479 e. The molecule has 1 atom stereocenters. The summed E-state index contributed by atoms with van der Waals surface area (Å²) in [5.41, 5.74) is 5.93. The minimum absolute atomic E-state index is 0.266. The van der Waals surface area contributed by atoms with E-state index in [1.54, 1.807) is 12.4 Å². The van der Waals surface area contributed by atoms with Crippen LogP contribution in [0.15, 0.2) is 24.7 Å². The highest BCUT2D eigenvalue weighted by molar-refractivity contribution is 6.62. The van der Waals surface area contributed by atoms with Crippen molar-refractivity contribution in [1.82, 2.24) is 14.5 Å². The molecule has 25 heavy (non-hydrogen) atoms. The summed E-state index contributed by atoms with van der Waals surface area (Å²) in [6, 6.07) is 1.82. The van der Waals surface area contributed by atoms with Crippen molar-refractivity contribution in [3.63, 3.8) is 0 Å². The smallest absolute Gasteiger partial charge is 0.479 e. The number of aryl methyl sites for hydroxylation is 1. The van der Waals surface area contributed by atoms with E-state index < -0.39 is 18.3 Å². The molecule has 0 radical (unpaired) electrons. The van der Waals surface area contributed by atoms with E-state index in [-0.39, 0.29) is 6.10 Å². The molecule has 2 aromatic heterocycles. The molecule has 3 rings (SSSR count). The molecule has 0 spiro atoms. The van der Waals surface area contributed by atoms with E-state index in [4.69, 9.17) is 19.8 Å². The Balaban J connectivity index is 1.83. The van der Waals surface area contributed by atoms with Crippen LogP contribution in [-0.4, -0.2) is 32.9 Å². The quantitative estimate of drug-likeness (QED) is 0.852. The Morgan fingerprint density at radius 2 is 1.84 bits per heavy atom. The highest BCUT2D eigenvalue weighted by atomic mass is 16.7. The van der Waals surface area contributed by atoms with Gasteiger partial charge in [-0.1, -0.05) is 0 Å². The van der Waals surface area contributed by atoms with Gasteiger partial charge in [-0.05, 0) is 40.7 Å². The summed E-state index contributed by atoms with van der Waals surface area (Å²) in [6.45, 7) is 9.97. The summed E-state index contributed by atoms with van der Waals surface area (Å²) in [5.74, 6) is 1.62. The Labute approximate surface area is 148 Å². The molecule has 1 aliphatic rings. The van der Waals surface area contributed by atoms with Gasteiger partial charge in [-0.25, -0.2) is 9.97 Å². The third kappa shape index (κ3) is 3.24. The number of hydrogen-bond acceptors (Lipinski definition) is 6. The highest BCUT2D eigenvalue weighted by Crippen LogP contribution is 2.36. The summed E-state index contributed by atoms with van der Waals surface area (Å²) >= 11 is 0. The van der Waals surface area contributed by atoms with Crippen LogP contribution in [-0.2, 0) is 16.4 Å². The number of nitrogen functional groups attached to an aromatic ring is 1. The maximum absolute atomic E-state index is 6.07. The normalized spacial score (nSPS) is 19.8. The van der Waals surface area contributed by atoms with E-state index >= 15 is 0 Å². The van der Waals surface area contributed by atoms with Crippen LogP contribution in [0.1, 0.15) is 46.5 Å². The van der Waals surface area contributed by atoms with Crippen LogP contribution in [0.4, 0.5) is 5.82 Å². The summed E-state index contributed by atoms with van der Waals surface area (Å²) in [4.78, 5) is 8.55. The number of anilines is 1. The molecule has 0 aromatic carbocycles. The molecule has 0 saturated carbocycles. The third-order valence-electron chi connectivity index (χ3n) is 4.95. The minimum atomic E-state index is -0.510. The third-order valence-corrected chi connectivity index (χ3v) is 4.95. The number of nitrogens with two attached hydrogens (primary N) is 1. The van der Waals surface area contributed by atoms with Gasteiger partial charge in [0.05, 0.1) is 11.2 Å². The highest BCUT2D eigenvalue weighted by Gasteiger charge is 2.52. The molecule has 1 aliphatic heterocycles. The second-order valence-corrected chi connectivity index (χ2v) is 7.40. The lowest BCUT2D eigenvalue weighted by atomic mass is 9.80. The molecule has 1 saturated heterocycles. The van der Waals surface area contributed by atoms with Gasteiger partial charge < -0.3 is 24.3 Å². The van der Waals surface area contributed by atoms with E-state index in [0.29, 0.717) is 11.6 Å². The van der Waals surface area contributed by atoms with Gasteiger partial charge in [0.1, 0.15) is 5.82 Å². The number of aromatic nitrogens is 3. The van der Waals surface area contributed by atoms with Gasteiger partial charge in [0.2, 0.25) is 0 Å². The Morgan fingerprint density at radius 1 is 1.20 bits per heavy atom. The predicted octanol–water partition coefficient (Wildman–Crippen LogP) is 1.84. The molecule has 2 aromatic rings. The average molecular weight is 344 g/mol. The lowest BCUT2D eigenvalue weighted by Gasteiger charge is -2.32. The molecule has 7 nitrogen and oxygen atoms in total. The molecule has 0 amide bonds. The van der Waals surface area contributed by atoms with Crippen molar-refractivity contribution in [2.45, 2.75) is 51.9 Å². The summed E-state index contributed by atoms with van der Waals surface area (Å²) < 4.78 is 20.0. The largest absolute Gasteiger partial charge is 0.496 e. The van der Waals surface area contributed by atoms with Gasteiger partial charge in [-0.2, -0.15) is 0 Å². The topological polar surface area (TPSA) is 84.4 Å². The van der Waals surface area contributed by atoms with E-state index in [1.807, 2.05) is 58.5 Å². The zero-order valence-electron chi connectivity index (χ0n) is 15.6. The van der Waals surface area contributed by atoms with Crippen LogP contribution in [0.5, 0.6) is 5.75 Å². The van der Waals surface area contributed by atoms with Crippen molar-refractivity contribution >= 4 is 18.4 Å². The van der Waals surface area contributed by atoms with Crippen molar-refractivity contribution in [3.8, 4) is 5.75 Å². The Morgan fingerprint density at radius 3 is 2.40 bits per heavy atom. The standard InChI is InChI=1S/C17H25BN4O3/c1-11(15-20-7-8-22(15)6)23-13-9-12(10-21-14(13)19)18-24-16(2,3)17(4,5)25-18/h7-11H,1-6H3,(H2,19,21). The summed E-state index contributed by atoms with van der Waals surface area (Å²) in [5, 5.41) is 0. The van der Waals surface area contributed by atoms with Gasteiger partial charge >= 0.3 is 7.12 Å². The first-order valence-electron chi connectivity index (χ1n) is 8.35. The van der Waals surface area contributed by atoms with Gasteiger partial charge in [-0.15, -0.1) is 0 Å². The van der Waals surface area contributed by atoms with Crippen molar-refractivity contribution in [3.05, 3.63) is 30.5 Å². The molecule has 0 bridgehead atoms. The Kier molecular flexibility index (Phi) is 4.29. The average Bonchev–Trinajstić information content (AvgIpc) is 3.02. The van der Waals surface area contributed by atoms with Crippen LogP contribution < -0.4 is 15.9 Å². The lowest BCUT2D eigenvalue weighted by Crippen LogP contribution is -2.41. The van der Waals surface area contributed by atoms with Gasteiger partial charge in [0.25, 0.3) is 0 Å². The Hall–Kier alpha value is -2.06. The second kappa shape index (κ2) is 6.03. The zero-order chi connectivity index (χ0) is 18.4. The first-order chi connectivity index (χ1) is 11.6. The first kappa shape index (κ1) is 17.8. The van der Waals surface area contributed by atoms with Gasteiger partial charge in [0.15, 0.2) is 17.7 Å². The Bertz CT molecular complexity index is 759. The molecule has 1 fully saturated rings.